The maximum Gasteiger partial charge on any atom is 0.410 e. The van der Waals surface area contributed by atoms with E-state index in [1.807, 2.05) is 0 Å². The number of nitrogens with zero attached hydrogens (tertiary/aromatic N) is 2. The minimum absolute atomic E-state index is 0.0488. The third-order valence-electron chi connectivity index (χ3n) is 3.51. The van der Waals surface area contributed by atoms with Crippen molar-refractivity contribution >= 4 is 6.09 Å². The van der Waals surface area contributed by atoms with Crippen LogP contribution in [0.25, 0.3) is 0 Å². The van der Waals surface area contributed by atoms with E-state index in [0.29, 0.717) is 10.3 Å². The summed E-state index contributed by atoms with van der Waals surface area (Å²) in [6.07, 6.45) is 1.33. The van der Waals surface area contributed by atoms with E-state index in [1.54, 1.807) is 20.8 Å². The largest absolute Gasteiger partial charge is 0.619 e. The average Bonchev–Trinajstić information content (AvgIpc) is 2.37. The van der Waals surface area contributed by atoms with Crippen LogP contribution in [0.5, 0.6) is 0 Å². The fourth-order valence-electron chi connectivity index (χ4n) is 2.40. The van der Waals surface area contributed by atoms with Crippen LogP contribution in [0.4, 0.5) is 13.6 Å². The van der Waals surface area contributed by atoms with Gasteiger partial charge in [0, 0.05) is 31.6 Å². The molecule has 1 aromatic rings. The van der Waals surface area contributed by atoms with Crippen molar-refractivity contribution in [2.45, 2.75) is 44.6 Å². The molecule has 0 N–H and O–H groups in total. The Hall–Kier alpha value is -1.92. The van der Waals surface area contributed by atoms with Crippen LogP contribution in [0.3, 0.4) is 0 Å². The molecule has 1 aromatic heterocycles. The number of hydrogen-bond acceptors (Lipinski definition) is 3. The number of alkyl halides is 2. The Bertz CT molecular complexity index is 541. The zero-order valence-electron chi connectivity index (χ0n) is 12.9. The summed E-state index contributed by atoms with van der Waals surface area (Å²) < 4.78 is 34.1. The normalized spacial score (nSPS) is 21.5. The number of carbonyl (C=O) groups excluding carboxylic acids is 1. The molecule has 2 heterocycles. The third kappa shape index (κ3) is 3.84. The van der Waals surface area contributed by atoms with Gasteiger partial charge < -0.3 is 14.8 Å². The van der Waals surface area contributed by atoms with Crippen molar-refractivity contribution in [2.24, 2.45) is 0 Å². The molecule has 1 unspecified atom stereocenters. The van der Waals surface area contributed by atoms with Gasteiger partial charge in [-0.1, -0.05) is 0 Å². The summed E-state index contributed by atoms with van der Waals surface area (Å²) in [6, 6.07) is 2.73. The predicted molar refractivity (Wildman–Crippen MR) is 75.5 cm³/mol. The van der Waals surface area contributed by atoms with E-state index in [1.165, 1.54) is 29.4 Å². The number of ether oxygens (including phenoxy) is 1. The molecule has 0 aromatic carbocycles. The van der Waals surface area contributed by atoms with E-state index in [4.69, 9.17) is 4.74 Å². The first-order valence-corrected chi connectivity index (χ1v) is 7.13. The highest BCUT2D eigenvalue weighted by Gasteiger charge is 2.46. The number of amides is 1. The number of rotatable bonds is 1. The van der Waals surface area contributed by atoms with E-state index in [2.05, 4.69) is 0 Å². The summed E-state index contributed by atoms with van der Waals surface area (Å²) in [6.45, 7) is 5.00. The molecule has 0 aliphatic carbocycles. The molecule has 0 saturated carbocycles. The number of pyridine rings is 1. The standard InChI is InChI=1S/C15H20F2N2O3/c1-14(2,3)22-13(20)18-9-6-15(16,17)12(10-18)11-4-7-19(21)8-5-11/h4-5,7-8,12H,6,9-10H2,1-3H3. The molecule has 7 heteroatoms. The molecule has 22 heavy (non-hydrogen) atoms. The molecule has 2 rings (SSSR count). The first-order chi connectivity index (χ1) is 10.1. The minimum Gasteiger partial charge on any atom is -0.619 e. The van der Waals surface area contributed by atoms with E-state index < -0.39 is 30.0 Å². The molecule has 0 spiro atoms. The van der Waals surface area contributed by atoms with Crippen molar-refractivity contribution in [1.82, 2.24) is 4.90 Å². The fourth-order valence-corrected chi connectivity index (χ4v) is 2.40. The first-order valence-electron chi connectivity index (χ1n) is 7.13. The van der Waals surface area contributed by atoms with Gasteiger partial charge in [0.2, 0.25) is 0 Å². The fraction of sp³-hybridized carbons (Fsp3) is 0.600. The Kier molecular flexibility index (Phi) is 4.26. The zero-order chi connectivity index (χ0) is 16.5. The van der Waals surface area contributed by atoms with Crippen LogP contribution in [0, 0.1) is 5.21 Å². The summed E-state index contributed by atoms with van der Waals surface area (Å²) in [5.41, 5.74) is -0.335. The lowest BCUT2D eigenvalue weighted by molar-refractivity contribution is -0.605. The van der Waals surface area contributed by atoms with Gasteiger partial charge in [0.15, 0.2) is 12.4 Å². The minimum atomic E-state index is -2.92. The van der Waals surface area contributed by atoms with E-state index >= 15 is 0 Å². The number of likely N-dealkylation sites (tertiary alicyclic amines) is 1. The summed E-state index contributed by atoms with van der Waals surface area (Å²) in [5, 5.41) is 11.0. The smallest absolute Gasteiger partial charge is 0.410 e. The molecule has 1 atom stereocenters. The number of piperidine rings is 1. The van der Waals surface area contributed by atoms with Crippen molar-refractivity contribution in [2.75, 3.05) is 13.1 Å². The quantitative estimate of drug-likeness (QED) is 0.591. The summed E-state index contributed by atoms with van der Waals surface area (Å²) in [4.78, 5) is 13.4. The zero-order valence-corrected chi connectivity index (χ0v) is 12.9. The Balaban J connectivity index is 2.17. The highest BCUT2D eigenvalue weighted by Crippen LogP contribution is 2.40. The molecule has 1 aliphatic rings. The predicted octanol–water partition coefficient (Wildman–Crippen LogP) is 2.68. The topological polar surface area (TPSA) is 56.5 Å². The summed E-state index contributed by atoms with van der Waals surface area (Å²) in [7, 11) is 0. The van der Waals surface area contributed by atoms with Crippen molar-refractivity contribution in [3.63, 3.8) is 0 Å². The maximum atomic E-state index is 14.2. The highest BCUT2D eigenvalue weighted by molar-refractivity contribution is 5.68. The van der Waals surface area contributed by atoms with Crippen LogP contribution in [-0.4, -0.2) is 35.6 Å². The Morgan fingerprint density at radius 2 is 2.00 bits per heavy atom. The second-order valence-electron chi connectivity index (χ2n) is 6.48. The second-order valence-corrected chi connectivity index (χ2v) is 6.48. The number of carbonyl (C=O) groups is 1. The Morgan fingerprint density at radius 1 is 1.41 bits per heavy atom. The number of halogens is 2. The molecular formula is C15H20F2N2O3. The monoisotopic (exact) mass is 314 g/mol. The van der Waals surface area contributed by atoms with E-state index in [0.717, 1.165) is 0 Å². The first kappa shape index (κ1) is 16.5. The lowest BCUT2D eigenvalue weighted by atomic mass is 9.88. The van der Waals surface area contributed by atoms with Crippen LogP contribution in [0.2, 0.25) is 0 Å². The maximum absolute atomic E-state index is 14.2. The molecule has 0 radical (unpaired) electrons. The van der Waals surface area contributed by atoms with Crippen LogP contribution < -0.4 is 4.73 Å². The van der Waals surface area contributed by atoms with Gasteiger partial charge >= 0.3 is 6.09 Å². The Morgan fingerprint density at radius 3 is 2.55 bits per heavy atom. The van der Waals surface area contributed by atoms with Gasteiger partial charge in [-0.2, -0.15) is 4.73 Å². The van der Waals surface area contributed by atoms with E-state index in [9.17, 15) is 18.8 Å². The lowest BCUT2D eigenvalue weighted by Crippen LogP contribution is -2.49. The van der Waals surface area contributed by atoms with Gasteiger partial charge in [0.1, 0.15) is 5.60 Å². The van der Waals surface area contributed by atoms with Crippen molar-refractivity contribution in [1.29, 1.82) is 0 Å². The number of hydrogen-bond donors (Lipinski definition) is 0. The van der Waals surface area contributed by atoms with Gasteiger partial charge in [-0.05, 0) is 26.3 Å². The van der Waals surface area contributed by atoms with Crippen LogP contribution in [0.1, 0.15) is 38.7 Å². The van der Waals surface area contributed by atoms with Gasteiger partial charge in [-0.3, -0.25) is 0 Å². The van der Waals surface area contributed by atoms with Gasteiger partial charge in [-0.25, -0.2) is 13.6 Å². The van der Waals surface area contributed by atoms with Crippen LogP contribution >= 0.6 is 0 Å². The molecule has 0 bridgehead atoms. The molecule has 1 aliphatic heterocycles. The van der Waals surface area contributed by atoms with Crippen LogP contribution in [0.15, 0.2) is 24.5 Å². The SMILES string of the molecule is CC(C)(C)OC(=O)N1CCC(F)(F)C(c2cc[n+]([O-])cc2)C1. The average molecular weight is 314 g/mol. The summed E-state index contributed by atoms with van der Waals surface area (Å²) >= 11 is 0. The molecule has 1 fully saturated rings. The lowest BCUT2D eigenvalue weighted by Gasteiger charge is -2.38. The van der Waals surface area contributed by atoms with Gasteiger partial charge in [0.05, 0.1) is 5.92 Å². The highest BCUT2D eigenvalue weighted by atomic mass is 19.3. The van der Waals surface area contributed by atoms with Gasteiger partial charge in [-0.15, -0.1) is 0 Å². The molecule has 122 valence electrons. The molecular weight excluding hydrogens is 294 g/mol. The molecule has 1 saturated heterocycles. The van der Waals surface area contributed by atoms with Crippen LogP contribution in [-0.2, 0) is 4.74 Å². The van der Waals surface area contributed by atoms with Crippen molar-refractivity contribution in [3.8, 4) is 0 Å². The molecule has 5 nitrogen and oxygen atoms in total. The van der Waals surface area contributed by atoms with Gasteiger partial charge in [0.25, 0.3) is 5.92 Å². The number of aromatic nitrogens is 1. The van der Waals surface area contributed by atoms with E-state index in [-0.39, 0.29) is 13.1 Å². The molecule has 1 amide bonds. The van der Waals surface area contributed by atoms with Crippen molar-refractivity contribution in [3.05, 3.63) is 35.3 Å². The van der Waals surface area contributed by atoms with Crippen molar-refractivity contribution < 1.29 is 23.0 Å². The third-order valence-corrected chi connectivity index (χ3v) is 3.51. The second kappa shape index (κ2) is 5.70. The Labute approximate surface area is 128 Å². The summed E-state index contributed by atoms with van der Waals surface area (Å²) in [5.74, 6) is -4.07.